The molecule has 2 heteroatoms. The summed E-state index contributed by atoms with van der Waals surface area (Å²) in [5.74, 6) is 0.698. The van der Waals surface area contributed by atoms with Gasteiger partial charge in [0.2, 0.25) is 0 Å². The van der Waals surface area contributed by atoms with E-state index < -0.39 is 8.07 Å². The lowest BCUT2D eigenvalue weighted by Gasteiger charge is -2.33. The topological polar surface area (TPSA) is 20.2 Å². The van der Waals surface area contributed by atoms with Gasteiger partial charge in [0, 0.05) is 6.61 Å². The summed E-state index contributed by atoms with van der Waals surface area (Å²) in [4.78, 5) is 0. The van der Waals surface area contributed by atoms with Crippen molar-refractivity contribution in [2.45, 2.75) is 31.5 Å². The molecular weight excluding hydrogens is 200 g/mol. The highest BCUT2D eigenvalue weighted by molar-refractivity contribution is 6.93. The van der Waals surface area contributed by atoms with E-state index in [0.29, 0.717) is 12.5 Å². The molecule has 0 saturated heterocycles. The van der Waals surface area contributed by atoms with E-state index in [0.717, 1.165) is 0 Å². The summed E-state index contributed by atoms with van der Waals surface area (Å²) in [6, 6.07) is 10.8. The van der Waals surface area contributed by atoms with Gasteiger partial charge in [0.05, 0.1) is 8.07 Å². The monoisotopic (exact) mass is 220 g/mol. The van der Waals surface area contributed by atoms with E-state index in [2.05, 4.69) is 50.3 Å². The summed E-state index contributed by atoms with van der Waals surface area (Å²) in [5, 5.41) is 11.4. The number of aliphatic hydroxyl groups excluding tert-OH is 1. The molecule has 0 bridgehead atoms. The number of rotatable bonds is 3. The first kappa shape index (κ1) is 10.9. The molecule has 15 heavy (non-hydrogen) atoms. The van der Waals surface area contributed by atoms with Crippen molar-refractivity contribution in [3.8, 4) is 0 Å². The van der Waals surface area contributed by atoms with Crippen LogP contribution in [0.25, 0.3) is 0 Å². The summed E-state index contributed by atoms with van der Waals surface area (Å²) < 4.78 is 0. The molecular formula is C13H20OSi. The Morgan fingerprint density at radius 1 is 1.33 bits per heavy atom. The fourth-order valence-corrected chi connectivity index (χ4v) is 6.96. The summed E-state index contributed by atoms with van der Waals surface area (Å²) >= 11 is 0. The molecule has 0 radical (unpaired) electrons. The number of benzene rings is 1. The van der Waals surface area contributed by atoms with Crippen molar-refractivity contribution >= 4 is 13.3 Å². The Balaban J connectivity index is 2.35. The van der Waals surface area contributed by atoms with E-state index in [1.54, 1.807) is 0 Å². The maximum atomic E-state index is 9.66. The van der Waals surface area contributed by atoms with Crippen molar-refractivity contribution in [2.24, 2.45) is 5.92 Å². The SMILES string of the molecule is C[C@@H]1C[C@@]1(CO)[Si](C)(C)c1ccccc1. The maximum absolute atomic E-state index is 9.66. The molecule has 0 heterocycles. The highest BCUT2D eigenvalue weighted by atomic mass is 28.3. The van der Waals surface area contributed by atoms with Crippen LogP contribution < -0.4 is 5.19 Å². The second kappa shape index (κ2) is 3.46. The largest absolute Gasteiger partial charge is 0.396 e. The molecule has 1 aliphatic rings. The Labute approximate surface area is 93.2 Å². The smallest absolute Gasteiger partial charge is 0.0893 e. The van der Waals surface area contributed by atoms with Gasteiger partial charge in [-0.3, -0.25) is 0 Å². The second-order valence-corrected chi connectivity index (χ2v) is 10.2. The molecule has 2 rings (SSSR count). The zero-order valence-corrected chi connectivity index (χ0v) is 10.8. The van der Waals surface area contributed by atoms with Crippen LogP contribution in [0.1, 0.15) is 13.3 Å². The molecule has 1 saturated carbocycles. The van der Waals surface area contributed by atoms with E-state index in [1.165, 1.54) is 11.6 Å². The number of aliphatic hydroxyl groups is 1. The van der Waals surface area contributed by atoms with Crippen molar-refractivity contribution in [2.75, 3.05) is 6.61 Å². The molecule has 1 N–H and O–H groups in total. The van der Waals surface area contributed by atoms with Gasteiger partial charge in [0.1, 0.15) is 0 Å². The molecule has 1 aromatic carbocycles. The Morgan fingerprint density at radius 3 is 2.27 bits per heavy atom. The van der Waals surface area contributed by atoms with E-state index >= 15 is 0 Å². The molecule has 0 amide bonds. The standard InChI is InChI=1S/C13H20OSi/c1-11-9-13(11,10-14)15(2,3)12-7-5-4-6-8-12/h4-8,11,14H,9-10H2,1-3H3/t11-,13+/m1/s1. The van der Waals surface area contributed by atoms with Crippen LogP contribution in [0.5, 0.6) is 0 Å². The summed E-state index contributed by atoms with van der Waals surface area (Å²) in [6.07, 6.45) is 1.21. The van der Waals surface area contributed by atoms with Crippen LogP contribution in [0.15, 0.2) is 30.3 Å². The van der Waals surface area contributed by atoms with Gasteiger partial charge in [-0.25, -0.2) is 0 Å². The third-order valence-electron chi connectivity index (χ3n) is 4.48. The van der Waals surface area contributed by atoms with Gasteiger partial charge in [-0.15, -0.1) is 0 Å². The van der Waals surface area contributed by atoms with Crippen LogP contribution in [-0.2, 0) is 0 Å². The third-order valence-corrected chi connectivity index (χ3v) is 9.60. The highest BCUT2D eigenvalue weighted by Gasteiger charge is 2.61. The van der Waals surface area contributed by atoms with Crippen molar-refractivity contribution < 1.29 is 5.11 Å². The minimum atomic E-state index is -1.51. The van der Waals surface area contributed by atoms with E-state index in [4.69, 9.17) is 0 Å². The lowest BCUT2D eigenvalue weighted by molar-refractivity contribution is 0.273. The predicted octanol–water partition coefficient (Wildman–Crippen LogP) is 2.37. The molecule has 1 nitrogen and oxygen atoms in total. The van der Waals surface area contributed by atoms with Gasteiger partial charge >= 0.3 is 0 Å². The van der Waals surface area contributed by atoms with E-state index in [1.807, 2.05) is 0 Å². The fraction of sp³-hybridized carbons (Fsp3) is 0.538. The molecule has 0 aliphatic heterocycles. The fourth-order valence-electron chi connectivity index (χ4n) is 2.92. The lowest BCUT2D eigenvalue weighted by atomic mass is 10.3. The Morgan fingerprint density at radius 2 is 1.87 bits per heavy atom. The normalized spacial score (nSPS) is 30.3. The van der Waals surface area contributed by atoms with Gasteiger partial charge in [0.15, 0.2) is 0 Å². The van der Waals surface area contributed by atoms with Crippen LogP contribution in [0.2, 0.25) is 18.1 Å². The summed E-state index contributed by atoms with van der Waals surface area (Å²) in [5.41, 5.74) is 0. The van der Waals surface area contributed by atoms with Crippen molar-refractivity contribution in [1.82, 2.24) is 0 Å². The second-order valence-electron chi connectivity index (χ2n) is 5.41. The Hall–Kier alpha value is -0.603. The van der Waals surface area contributed by atoms with Crippen LogP contribution in [0, 0.1) is 5.92 Å². The first-order valence-electron chi connectivity index (χ1n) is 5.71. The first-order valence-corrected chi connectivity index (χ1v) is 8.71. The predicted molar refractivity (Wildman–Crippen MR) is 67.1 cm³/mol. The Kier molecular flexibility index (Phi) is 2.51. The van der Waals surface area contributed by atoms with Crippen molar-refractivity contribution in [3.05, 3.63) is 30.3 Å². The minimum Gasteiger partial charge on any atom is -0.396 e. The van der Waals surface area contributed by atoms with Gasteiger partial charge in [-0.05, 0) is 17.4 Å². The van der Waals surface area contributed by atoms with Crippen LogP contribution in [-0.4, -0.2) is 19.8 Å². The van der Waals surface area contributed by atoms with Gasteiger partial charge in [-0.2, -0.15) is 0 Å². The van der Waals surface area contributed by atoms with Crippen molar-refractivity contribution in [3.63, 3.8) is 0 Å². The average molecular weight is 220 g/mol. The lowest BCUT2D eigenvalue weighted by Crippen LogP contribution is -2.49. The molecule has 1 fully saturated rings. The average Bonchev–Trinajstić information content (AvgIpc) is 2.93. The van der Waals surface area contributed by atoms with Gasteiger partial charge in [0.25, 0.3) is 0 Å². The Bertz CT molecular complexity index is 343. The molecule has 0 aromatic heterocycles. The molecule has 82 valence electrons. The van der Waals surface area contributed by atoms with Gasteiger partial charge < -0.3 is 5.11 Å². The van der Waals surface area contributed by atoms with E-state index in [-0.39, 0.29) is 5.04 Å². The van der Waals surface area contributed by atoms with Gasteiger partial charge in [-0.1, -0.05) is 55.5 Å². The summed E-state index contributed by atoms with van der Waals surface area (Å²) in [7, 11) is -1.51. The minimum absolute atomic E-state index is 0.244. The zero-order valence-electron chi connectivity index (χ0n) is 9.83. The highest BCUT2D eigenvalue weighted by Crippen LogP contribution is 2.64. The molecule has 2 atom stereocenters. The van der Waals surface area contributed by atoms with Crippen LogP contribution >= 0.6 is 0 Å². The number of hydrogen-bond acceptors (Lipinski definition) is 1. The first-order chi connectivity index (χ1) is 7.04. The molecule has 0 unspecified atom stereocenters. The van der Waals surface area contributed by atoms with Crippen LogP contribution in [0.3, 0.4) is 0 Å². The van der Waals surface area contributed by atoms with Crippen LogP contribution in [0.4, 0.5) is 0 Å². The molecule has 0 spiro atoms. The molecule has 1 aromatic rings. The zero-order chi connectivity index (χ0) is 11.1. The summed E-state index contributed by atoms with van der Waals surface area (Å²) in [6.45, 7) is 7.42. The van der Waals surface area contributed by atoms with E-state index in [9.17, 15) is 5.11 Å². The maximum Gasteiger partial charge on any atom is 0.0893 e. The quantitative estimate of drug-likeness (QED) is 0.775. The van der Waals surface area contributed by atoms with Crippen molar-refractivity contribution in [1.29, 1.82) is 0 Å². The third kappa shape index (κ3) is 1.47. The number of hydrogen-bond donors (Lipinski definition) is 1. The molecule has 1 aliphatic carbocycles.